The van der Waals surface area contributed by atoms with E-state index in [0.717, 1.165) is 24.1 Å². The lowest BCUT2D eigenvalue weighted by atomic mass is 9.99. The van der Waals surface area contributed by atoms with Crippen molar-refractivity contribution in [1.82, 2.24) is 15.2 Å². The van der Waals surface area contributed by atoms with Gasteiger partial charge in [0.2, 0.25) is 0 Å². The minimum Gasteiger partial charge on any atom is -0.341 e. The van der Waals surface area contributed by atoms with E-state index >= 15 is 0 Å². The van der Waals surface area contributed by atoms with Crippen molar-refractivity contribution in [3.8, 4) is 0 Å². The van der Waals surface area contributed by atoms with Crippen LogP contribution in [0.25, 0.3) is 0 Å². The van der Waals surface area contributed by atoms with Crippen LogP contribution in [-0.2, 0) is 0 Å². The number of amides is 1. The van der Waals surface area contributed by atoms with E-state index in [1.807, 2.05) is 13.1 Å². The van der Waals surface area contributed by atoms with Gasteiger partial charge >= 0.3 is 0 Å². The van der Waals surface area contributed by atoms with Gasteiger partial charge in [-0.3, -0.25) is 9.78 Å². The van der Waals surface area contributed by atoms with Crippen molar-refractivity contribution < 1.29 is 4.79 Å². The van der Waals surface area contributed by atoms with Crippen LogP contribution < -0.4 is 5.32 Å². The van der Waals surface area contributed by atoms with Crippen molar-refractivity contribution in [3.63, 3.8) is 0 Å². The molecular weight excluding hydrogens is 294 g/mol. The Bertz CT molecular complexity index is 418. The lowest BCUT2D eigenvalue weighted by molar-refractivity contribution is 0.0764. The van der Waals surface area contributed by atoms with Gasteiger partial charge in [-0.25, -0.2) is 0 Å². The molecule has 1 aromatic heterocycles. The van der Waals surface area contributed by atoms with E-state index < -0.39 is 0 Å². The van der Waals surface area contributed by atoms with Gasteiger partial charge in [-0.05, 0) is 53.8 Å². The second-order valence-corrected chi connectivity index (χ2v) is 5.71. The smallest absolute Gasteiger partial charge is 0.255 e. The average Bonchev–Trinajstić information content (AvgIpc) is 2.39. The molecule has 1 amide bonds. The maximum absolute atomic E-state index is 12.2. The largest absolute Gasteiger partial charge is 0.341 e. The summed E-state index contributed by atoms with van der Waals surface area (Å²) in [6.45, 7) is 2.91. The van der Waals surface area contributed by atoms with Gasteiger partial charge in [-0.1, -0.05) is 0 Å². The lowest BCUT2D eigenvalue weighted by Gasteiger charge is -2.27. The minimum absolute atomic E-state index is 0.0365. The molecule has 98 valence electrons. The first-order chi connectivity index (χ1) is 8.66. The fourth-order valence-corrected chi connectivity index (χ4v) is 2.66. The molecule has 1 atom stereocenters. The number of hydrogen-bond donors (Lipinski definition) is 1. The van der Waals surface area contributed by atoms with Crippen LogP contribution in [0.1, 0.15) is 23.2 Å². The van der Waals surface area contributed by atoms with Gasteiger partial charge in [0.25, 0.3) is 5.91 Å². The number of rotatable bonds is 3. The highest BCUT2D eigenvalue weighted by atomic mass is 79.9. The van der Waals surface area contributed by atoms with Crippen molar-refractivity contribution in [2.75, 3.05) is 26.7 Å². The molecule has 0 saturated carbocycles. The van der Waals surface area contributed by atoms with E-state index in [1.54, 1.807) is 17.3 Å². The molecule has 2 rings (SSSR count). The number of halogens is 1. The highest BCUT2D eigenvalue weighted by Gasteiger charge is 2.19. The van der Waals surface area contributed by atoms with Crippen molar-refractivity contribution in [2.24, 2.45) is 5.92 Å². The summed E-state index contributed by atoms with van der Waals surface area (Å²) in [5, 5.41) is 3.37. The van der Waals surface area contributed by atoms with Gasteiger partial charge < -0.3 is 10.2 Å². The Morgan fingerprint density at radius 1 is 1.61 bits per heavy atom. The van der Waals surface area contributed by atoms with Crippen LogP contribution in [0.15, 0.2) is 22.9 Å². The number of piperidine rings is 1. The molecule has 1 aliphatic heterocycles. The summed E-state index contributed by atoms with van der Waals surface area (Å²) < 4.78 is 0.834. The molecular formula is C13H18BrN3O. The van der Waals surface area contributed by atoms with Crippen LogP contribution in [0.5, 0.6) is 0 Å². The number of carbonyl (C=O) groups excluding carboxylic acids is 1. The molecule has 2 heterocycles. The van der Waals surface area contributed by atoms with E-state index in [9.17, 15) is 4.79 Å². The van der Waals surface area contributed by atoms with Gasteiger partial charge in [0.05, 0.1) is 5.56 Å². The predicted molar refractivity (Wildman–Crippen MR) is 74.5 cm³/mol. The van der Waals surface area contributed by atoms with E-state index in [0.29, 0.717) is 11.5 Å². The maximum Gasteiger partial charge on any atom is 0.255 e. The predicted octanol–water partition coefficient (Wildman–Crippen LogP) is 1.92. The number of carbonyl (C=O) groups is 1. The quantitative estimate of drug-likeness (QED) is 0.927. The first-order valence-electron chi connectivity index (χ1n) is 6.23. The van der Waals surface area contributed by atoms with Gasteiger partial charge in [0.1, 0.15) is 0 Å². The van der Waals surface area contributed by atoms with Gasteiger partial charge in [-0.15, -0.1) is 0 Å². The van der Waals surface area contributed by atoms with Gasteiger partial charge in [0.15, 0.2) is 0 Å². The number of hydrogen-bond acceptors (Lipinski definition) is 3. The third-order valence-electron chi connectivity index (χ3n) is 3.23. The third-order valence-corrected chi connectivity index (χ3v) is 3.66. The Hall–Kier alpha value is -0.940. The topological polar surface area (TPSA) is 45.2 Å². The van der Waals surface area contributed by atoms with E-state index in [2.05, 4.69) is 26.2 Å². The third kappa shape index (κ3) is 3.53. The zero-order chi connectivity index (χ0) is 13.0. The Balaban J connectivity index is 1.95. The Morgan fingerprint density at radius 2 is 2.44 bits per heavy atom. The molecule has 1 fully saturated rings. The highest BCUT2D eigenvalue weighted by molar-refractivity contribution is 9.10. The molecule has 0 radical (unpaired) electrons. The summed E-state index contributed by atoms with van der Waals surface area (Å²) in [6.07, 6.45) is 5.69. The molecule has 1 N–H and O–H groups in total. The SMILES string of the molecule is CN(CC1CCCNC1)C(=O)c1cncc(Br)c1. The fourth-order valence-electron chi connectivity index (χ4n) is 2.30. The number of nitrogens with zero attached hydrogens (tertiary/aromatic N) is 2. The summed E-state index contributed by atoms with van der Waals surface area (Å²) in [6, 6.07) is 1.81. The molecule has 0 aliphatic carbocycles. The summed E-state index contributed by atoms with van der Waals surface area (Å²) in [5.41, 5.74) is 0.635. The fraction of sp³-hybridized carbons (Fsp3) is 0.538. The average molecular weight is 312 g/mol. The molecule has 0 spiro atoms. The number of nitrogens with one attached hydrogen (secondary N) is 1. The Labute approximate surface area is 116 Å². The highest BCUT2D eigenvalue weighted by Crippen LogP contribution is 2.14. The second-order valence-electron chi connectivity index (χ2n) is 4.79. The molecule has 0 aromatic carbocycles. The van der Waals surface area contributed by atoms with Crippen molar-refractivity contribution in [2.45, 2.75) is 12.8 Å². The van der Waals surface area contributed by atoms with Crippen molar-refractivity contribution >= 4 is 21.8 Å². The van der Waals surface area contributed by atoms with Crippen LogP contribution >= 0.6 is 15.9 Å². The maximum atomic E-state index is 12.2. The Kier molecular flexibility index (Phi) is 4.72. The zero-order valence-corrected chi connectivity index (χ0v) is 12.1. The van der Waals surface area contributed by atoms with Crippen molar-refractivity contribution in [3.05, 3.63) is 28.5 Å². The molecule has 0 bridgehead atoms. The molecule has 1 aliphatic rings. The number of pyridine rings is 1. The normalized spacial score (nSPS) is 19.6. The standard InChI is InChI=1S/C13H18BrN3O/c1-17(9-10-3-2-4-15-6-10)13(18)11-5-12(14)8-16-7-11/h5,7-8,10,15H,2-4,6,9H2,1H3. The summed E-state index contributed by atoms with van der Waals surface area (Å²) >= 11 is 3.33. The van der Waals surface area contributed by atoms with Crippen LogP contribution in [0.3, 0.4) is 0 Å². The molecule has 1 unspecified atom stereocenters. The van der Waals surface area contributed by atoms with Crippen LogP contribution in [-0.4, -0.2) is 42.5 Å². The van der Waals surface area contributed by atoms with Crippen LogP contribution in [0.4, 0.5) is 0 Å². The molecule has 4 nitrogen and oxygen atoms in total. The van der Waals surface area contributed by atoms with Crippen LogP contribution in [0.2, 0.25) is 0 Å². The monoisotopic (exact) mass is 311 g/mol. The molecule has 1 aromatic rings. The second kappa shape index (κ2) is 6.29. The summed E-state index contributed by atoms with van der Waals surface area (Å²) in [5.74, 6) is 0.599. The van der Waals surface area contributed by atoms with E-state index in [1.165, 1.54) is 12.8 Å². The number of aromatic nitrogens is 1. The first kappa shape index (κ1) is 13.5. The Morgan fingerprint density at radius 3 is 3.11 bits per heavy atom. The minimum atomic E-state index is 0.0365. The zero-order valence-electron chi connectivity index (χ0n) is 10.5. The van der Waals surface area contributed by atoms with Crippen LogP contribution in [0, 0.1) is 5.92 Å². The molecule has 1 saturated heterocycles. The summed E-state index contributed by atoms with van der Waals surface area (Å²) in [7, 11) is 1.86. The van der Waals surface area contributed by atoms with E-state index in [-0.39, 0.29) is 5.91 Å². The van der Waals surface area contributed by atoms with Gasteiger partial charge in [-0.2, -0.15) is 0 Å². The van der Waals surface area contributed by atoms with Crippen molar-refractivity contribution in [1.29, 1.82) is 0 Å². The lowest BCUT2D eigenvalue weighted by Crippen LogP contribution is -2.39. The first-order valence-corrected chi connectivity index (χ1v) is 7.03. The molecule has 5 heteroatoms. The molecule has 18 heavy (non-hydrogen) atoms. The van der Waals surface area contributed by atoms with Gasteiger partial charge in [0, 0.05) is 30.5 Å². The summed E-state index contributed by atoms with van der Waals surface area (Å²) in [4.78, 5) is 18.0. The van der Waals surface area contributed by atoms with E-state index in [4.69, 9.17) is 0 Å².